The summed E-state index contributed by atoms with van der Waals surface area (Å²) in [6, 6.07) is 0. The second kappa shape index (κ2) is 6.56. The van der Waals surface area contributed by atoms with Crippen molar-refractivity contribution in [2.24, 2.45) is 0 Å². The third-order valence-electron chi connectivity index (χ3n) is 3.74. The molecule has 0 fully saturated rings. The van der Waals surface area contributed by atoms with Gasteiger partial charge in [0.1, 0.15) is 6.61 Å². The van der Waals surface area contributed by atoms with Crippen LogP contribution in [0.1, 0.15) is 20.8 Å². The molecular weight excluding hydrogens is 339 g/mol. The first-order valence-corrected chi connectivity index (χ1v) is 9.56. The number of carbonyl (C=O) groups excluding carboxylic acids is 1. The Morgan fingerprint density at radius 2 is 1.30 bits per heavy atom. The topological polar surface area (TPSA) is 35.5 Å². The van der Waals surface area contributed by atoms with E-state index in [0.717, 1.165) is 0 Å². The second-order valence-electron chi connectivity index (χ2n) is 6.42. The van der Waals surface area contributed by atoms with Crippen LogP contribution in [0.4, 0.5) is 22.0 Å². The molecule has 0 aromatic heterocycles. The molecule has 130 valence electrons. The van der Waals surface area contributed by atoms with Crippen molar-refractivity contribution in [1.82, 2.24) is 0 Å². The molecule has 0 radical (unpaired) electrons. The first-order valence-electron chi connectivity index (χ1n) is 6.65. The van der Waals surface area contributed by atoms with E-state index in [1.165, 1.54) is 0 Å². The smallest absolute Gasteiger partial charge is 0.336 e. The average Bonchev–Trinajstić information content (AvgIpc) is 2.44. The Labute approximate surface area is 131 Å². The van der Waals surface area contributed by atoms with Gasteiger partial charge in [-0.15, -0.1) is 0 Å². The maximum atomic E-state index is 13.4. The van der Waals surface area contributed by atoms with Crippen LogP contribution in [0.5, 0.6) is 5.75 Å². The largest absolute Gasteiger partial charge is 0.418 e. The highest BCUT2D eigenvalue weighted by Crippen LogP contribution is 2.36. The van der Waals surface area contributed by atoms with Gasteiger partial charge in [-0.1, -0.05) is 20.8 Å². The summed E-state index contributed by atoms with van der Waals surface area (Å²) in [5.74, 6) is -14.0. The Morgan fingerprint density at radius 3 is 1.70 bits per heavy atom. The zero-order valence-electron chi connectivity index (χ0n) is 13.3. The van der Waals surface area contributed by atoms with E-state index >= 15 is 0 Å². The van der Waals surface area contributed by atoms with Gasteiger partial charge >= 0.3 is 5.97 Å². The quantitative estimate of drug-likeness (QED) is 0.201. The summed E-state index contributed by atoms with van der Waals surface area (Å²) in [5, 5.41) is -0.238. The molecule has 0 unspecified atom stereocenters. The zero-order chi connectivity index (χ0) is 18.2. The lowest BCUT2D eigenvalue weighted by Crippen LogP contribution is -2.42. The van der Waals surface area contributed by atoms with E-state index in [1.54, 1.807) is 0 Å². The van der Waals surface area contributed by atoms with Crippen molar-refractivity contribution in [3.05, 3.63) is 29.1 Å². The van der Waals surface area contributed by atoms with E-state index in [4.69, 9.17) is 4.43 Å². The van der Waals surface area contributed by atoms with E-state index in [9.17, 15) is 26.7 Å². The molecule has 0 atom stereocenters. The first-order chi connectivity index (χ1) is 10.3. The number of benzene rings is 1. The highest BCUT2D eigenvalue weighted by Gasteiger charge is 2.38. The summed E-state index contributed by atoms with van der Waals surface area (Å²) in [6.45, 7) is 8.67. The Hall–Kier alpha value is -1.48. The number of ether oxygens (including phenoxy) is 1. The molecule has 0 amide bonds. The summed E-state index contributed by atoms with van der Waals surface area (Å²) in [5.41, 5.74) is 0. The Balaban J connectivity index is 2.92. The van der Waals surface area contributed by atoms with Gasteiger partial charge < -0.3 is 9.16 Å². The van der Waals surface area contributed by atoms with E-state index < -0.39 is 55.7 Å². The summed E-state index contributed by atoms with van der Waals surface area (Å²) < 4.78 is 75.4. The van der Waals surface area contributed by atoms with Crippen LogP contribution in [0.25, 0.3) is 0 Å². The van der Waals surface area contributed by atoms with Crippen LogP contribution in [0.2, 0.25) is 18.1 Å². The molecule has 0 aliphatic rings. The predicted octanol–water partition coefficient (Wildman–Crippen LogP) is 4.31. The van der Waals surface area contributed by atoms with Crippen LogP contribution in [-0.2, 0) is 9.22 Å². The number of hydrogen-bond acceptors (Lipinski definition) is 3. The molecule has 1 aromatic carbocycles. The van der Waals surface area contributed by atoms with E-state index in [0.29, 0.717) is 0 Å². The molecule has 23 heavy (non-hydrogen) atoms. The van der Waals surface area contributed by atoms with Gasteiger partial charge in [0.15, 0.2) is 8.32 Å². The fourth-order valence-corrected chi connectivity index (χ4v) is 2.19. The zero-order valence-corrected chi connectivity index (χ0v) is 14.3. The molecule has 0 saturated carbocycles. The van der Waals surface area contributed by atoms with Crippen LogP contribution in [0.15, 0.2) is 0 Å². The van der Waals surface area contributed by atoms with Crippen molar-refractivity contribution in [2.75, 3.05) is 6.61 Å². The van der Waals surface area contributed by atoms with Gasteiger partial charge in [-0.05, 0) is 18.1 Å². The lowest BCUT2D eigenvalue weighted by Gasteiger charge is -2.35. The molecule has 0 bridgehead atoms. The molecular formula is C14H17F5O3Si. The number of esters is 1. The Kier molecular flexibility index (Phi) is 5.58. The number of carbonyl (C=O) groups is 1. The summed E-state index contributed by atoms with van der Waals surface area (Å²) >= 11 is 0. The molecule has 0 aliphatic carbocycles. The number of halogens is 5. The molecule has 0 saturated heterocycles. The van der Waals surface area contributed by atoms with E-state index in [2.05, 4.69) is 4.74 Å². The van der Waals surface area contributed by atoms with Gasteiger partial charge in [-0.2, -0.15) is 8.78 Å². The summed E-state index contributed by atoms with van der Waals surface area (Å²) in [7, 11) is -2.34. The van der Waals surface area contributed by atoms with Crippen LogP contribution >= 0.6 is 0 Å². The fourth-order valence-electron chi connectivity index (χ4n) is 1.27. The fraction of sp³-hybridized carbons (Fsp3) is 0.500. The van der Waals surface area contributed by atoms with Gasteiger partial charge in [0.05, 0.1) is 0 Å². The maximum absolute atomic E-state index is 13.4. The molecule has 0 N–H and O–H groups in total. The highest BCUT2D eigenvalue weighted by atomic mass is 28.4. The second-order valence-corrected chi connectivity index (χ2v) is 11.2. The van der Waals surface area contributed by atoms with E-state index in [-0.39, 0.29) is 5.04 Å². The number of hydrogen-bond donors (Lipinski definition) is 0. The minimum Gasteiger partial charge on any atom is -0.418 e. The first kappa shape index (κ1) is 19.6. The third-order valence-corrected chi connectivity index (χ3v) is 8.22. The van der Waals surface area contributed by atoms with Crippen molar-refractivity contribution in [3.63, 3.8) is 0 Å². The van der Waals surface area contributed by atoms with Crippen molar-refractivity contribution in [2.45, 2.75) is 38.9 Å². The van der Waals surface area contributed by atoms with Crippen LogP contribution in [0, 0.1) is 29.1 Å². The van der Waals surface area contributed by atoms with E-state index in [1.807, 2.05) is 33.9 Å². The van der Waals surface area contributed by atoms with Crippen molar-refractivity contribution >= 4 is 14.3 Å². The van der Waals surface area contributed by atoms with Crippen molar-refractivity contribution < 1.29 is 35.9 Å². The third kappa shape index (κ3) is 4.08. The Bertz CT molecular complexity index is 597. The molecule has 0 heterocycles. The monoisotopic (exact) mass is 356 g/mol. The van der Waals surface area contributed by atoms with Gasteiger partial charge in [-0.25, -0.2) is 18.0 Å². The van der Waals surface area contributed by atoms with Crippen LogP contribution in [0.3, 0.4) is 0 Å². The molecule has 3 nitrogen and oxygen atoms in total. The maximum Gasteiger partial charge on any atom is 0.336 e. The average molecular weight is 356 g/mol. The van der Waals surface area contributed by atoms with Gasteiger partial charge in [0.25, 0.3) is 0 Å². The van der Waals surface area contributed by atoms with Gasteiger partial charge in [0.2, 0.25) is 34.8 Å². The molecule has 9 heteroatoms. The standard InChI is InChI=1S/C14H17F5O3Si/c1-14(2,3)23(4,5)21-6-7(20)22-13-11(18)9(16)8(15)10(17)12(13)19/h6H2,1-5H3. The van der Waals surface area contributed by atoms with Crippen LogP contribution < -0.4 is 4.74 Å². The SMILES string of the molecule is CC(C)(C)[Si](C)(C)OCC(=O)Oc1c(F)c(F)c(F)c(F)c1F. The molecule has 1 aromatic rings. The minimum absolute atomic E-state index is 0.238. The number of rotatable bonds is 4. The molecule has 0 spiro atoms. The lowest BCUT2D eigenvalue weighted by molar-refractivity contribution is -0.137. The minimum atomic E-state index is -2.34. The van der Waals surface area contributed by atoms with Crippen LogP contribution in [-0.4, -0.2) is 20.9 Å². The molecule has 1 rings (SSSR count). The predicted molar refractivity (Wildman–Crippen MR) is 75.0 cm³/mol. The highest BCUT2D eigenvalue weighted by molar-refractivity contribution is 6.74. The van der Waals surface area contributed by atoms with Crippen molar-refractivity contribution in [1.29, 1.82) is 0 Å². The summed E-state index contributed by atoms with van der Waals surface area (Å²) in [6.07, 6.45) is 0. The van der Waals surface area contributed by atoms with Gasteiger partial charge in [-0.3, -0.25) is 0 Å². The van der Waals surface area contributed by atoms with Gasteiger partial charge in [0, 0.05) is 0 Å². The normalized spacial score (nSPS) is 12.4. The lowest BCUT2D eigenvalue weighted by atomic mass is 10.2. The molecule has 0 aliphatic heterocycles. The van der Waals surface area contributed by atoms with Crippen molar-refractivity contribution in [3.8, 4) is 5.75 Å². The Morgan fingerprint density at radius 1 is 0.913 bits per heavy atom. The summed E-state index contributed by atoms with van der Waals surface area (Å²) in [4.78, 5) is 11.6.